The van der Waals surface area contributed by atoms with E-state index in [9.17, 15) is 14.9 Å². The largest absolute Gasteiger partial charge is 0.490 e. The molecule has 3 rings (SSSR count). The SMILES string of the molecule is CCOc1cc(C=NNC(=O)Nc2ccccc2C)cc(Cl)c1OCc1cccc([N+](=O)[O-])c1. The van der Waals surface area contributed by atoms with Gasteiger partial charge in [-0.2, -0.15) is 5.10 Å². The summed E-state index contributed by atoms with van der Waals surface area (Å²) in [4.78, 5) is 22.6. The van der Waals surface area contributed by atoms with Crippen LogP contribution in [0.1, 0.15) is 23.6 Å². The van der Waals surface area contributed by atoms with Gasteiger partial charge >= 0.3 is 6.03 Å². The molecule has 0 radical (unpaired) electrons. The van der Waals surface area contributed by atoms with Crippen LogP contribution < -0.4 is 20.2 Å². The first-order valence-electron chi connectivity index (χ1n) is 10.4. The van der Waals surface area contributed by atoms with Gasteiger partial charge in [-0.3, -0.25) is 10.1 Å². The van der Waals surface area contributed by atoms with Gasteiger partial charge in [-0.15, -0.1) is 0 Å². The highest BCUT2D eigenvalue weighted by Gasteiger charge is 2.14. The number of carbonyl (C=O) groups excluding carboxylic acids is 1. The molecule has 0 saturated carbocycles. The predicted octanol–water partition coefficient (Wildman–Crippen LogP) is 5.69. The van der Waals surface area contributed by atoms with Crippen molar-refractivity contribution < 1.29 is 19.2 Å². The Kier molecular flexibility index (Phi) is 8.42. The first-order chi connectivity index (χ1) is 16.4. The van der Waals surface area contributed by atoms with Crippen LogP contribution in [0.15, 0.2) is 65.8 Å². The number of hydrogen-bond acceptors (Lipinski definition) is 6. The van der Waals surface area contributed by atoms with Crippen LogP contribution in [0.3, 0.4) is 0 Å². The predicted molar refractivity (Wildman–Crippen MR) is 131 cm³/mol. The molecule has 2 amide bonds. The van der Waals surface area contributed by atoms with Gasteiger partial charge in [0.05, 0.1) is 22.8 Å². The molecule has 0 saturated heterocycles. The molecular weight excluding hydrogens is 460 g/mol. The first kappa shape index (κ1) is 24.5. The Balaban J connectivity index is 1.69. The molecule has 0 aliphatic heterocycles. The van der Waals surface area contributed by atoms with Gasteiger partial charge in [-0.1, -0.05) is 41.9 Å². The number of hydrogen-bond donors (Lipinski definition) is 2. The number of rotatable bonds is 9. The van der Waals surface area contributed by atoms with Crippen LogP contribution >= 0.6 is 11.6 Å². The average molecular weight is 483 g/mol. The van der Waals surface area contributed by atoms with Gasteiger partial charge in [-0.25, -0.2) is 10.2 Å². The van der Waals surface area contributed by atoms with Gasteiger partial charge < -0.3 is 14.8 Å². The van der Waals surface area contributed by atoms with Crippen molar-refractivity contribution in [2.45, 2.75) is 20.5 Å². The van der Waals surface area contributed by atoms with E-state index in [2.05, 4.69) is 15.8 Å². The Morgan fingerprint density at radius 2 is 1.94 bits per heavy atom. The monoisotopic (exact) mass is 482 g/mol. The number of anilines is 1. The second kappa shape index (κ2) is 11.7. The number of hydrazone groups is 1. The summed E-state index contributed by atoms with van der Waals surface area (Å²) in [7, 11) is 0. The number of amides is 2. The molecule has 0 fully saturated rings. The van der Waals surface area contributed by atoms with Crippen LogP contribution in [0.25, 0.3) is 0 Å². The summed E-state index contributed by atoms with van der Waals surface area (Å²) in [6.45, 7) is 4.13. The fourth-order valence-corrected chi connectivity index (χ4v) is 3.28. The van der Waals surface area contributed by atoms with Gasteiger partial charge in [0.25, 0.3) is 5.69 Å². The zero-order valence-corrected chi connectivity index (χ0v) is 19.3. The smallest absolute Gasteiger partial charge is 0.339 e. The maximum atomic E-state index is 12.1. The highest BCUT2D eigenvalue weighted by atomic mass is 35.5. The number of carbonyl (C=O) groups is 1. The molecule has 10 heteroatoms. The lowest BCUT2D eigenvalue weighted by atomic mass is 10.2. The Morgan fingerprint density at radius 1 is 1.15 bits per heavy atom. The molecule has 0 atom stereocenters. The van der Waals surface area contributed by atoms with E-state index < -0.39 is 11.0 Å². The minimum Gasteiger partial charge on any atom is -0.490 e. The second-order valence-electron chi connectivity index (χ2n) is 7.12. The molecule has 0 aliphatic rings. The Hall–Kier alpha value is -4.11. The van der Waals surface area contributed by atoms with Gasteiger partial charge in [0.1, 0.15) is 6.61 Å². The van der Waals surface area contributed by atoms with Crippen LogP contribution in [-0.4, -0.2) is 23.8 Å². The van der Waals surface area contributed by atoms with Crippen molar-refractivity contribution >= 4 is 35.2 Å². The normalized spacial score (nSPS) is 10.7. The highest BCUT2D eigenvalue weighted by Crippen LogP contribution is 2.37. The lowest BCUT2D eigenvalue weighted by molar-refractivity contribution is -0.384. The quantitative estimate of drug-likeness (QED) is 0.231. The summed E-state index contributed by atoms with van der Waals surface area (Å²) in [5.74, 6) is 0.684. The molecule has 0 aromatic heterocycles. The number of nitrogens with one attached hydrogen (secondary N) is 2. The van der Waals surface area contributed by atoms with Crippen LogP contribution in [0.4, 0.5) is 16.2 Å². The summed E-state index contributed by atoms with van der Waals surface area (Å²) in [6.07, 6.45) is 1.43. The maximum absolute atomic E-state index is 12.1. The first-order valence-corrected chi connectivity index (χ1v) is 10.7. The van der Waals surface area contributed by atoms with Crippen molar-refractivity contribution in [3.05, 3.63) is 92.5 Å². The average Bonchev–Trinajstić information content (AvgIpc) is 2.80. The fourth-order valence-electron chi connectivity index (χ4n) is 3.01. The third-order valence-electron chi connectivity index (χ3n) is 4.61. The Bertz CT molecular complexity index is 1220. The van der Waals surface area contributed by atoms with E-state index in [1.807, 2.05) is 32.0 Å². The fraction of sp³-hybridized carbons (Fsp3) is 0.167. The number of ether oxygens (including phenoxy) is 2. The number of nitrogens with zero attached hydrogens (tertiary/aromatic N) is 2. The summed E-state index contributed by atoms with van der Waals surface area (Å²) < 4.78 is 11.5. The summed E-state index contributed by atoms with van der Waals surface area (Å²) in [6, 6.07) is 16.3. The number of aryl methyl sites for hydroxylation is 1. The molecule has 0 heterocycles. The molecule has 0 unspecified atom stereocenters. The highest BCUT2D eigenvalue weighted by molar-refractivity contribution is 6.32. The van der Waals surface area contributed by atoms with Crippen molar-refractivity contribution in [1.29, 1.82) is 0 Å². The molecule has 0 aliphatic carbocycles. The molecule has 3 aromatic carbocycles. The molecule has 0 bridgehead atoms. The van der Waals surface area contributed by atoms with Crippen molar-refractivity contribution in [3.63, 3.8) is 0 Å². The number of halogens is 1. The van der Waals surface area contributed by atoms with Crippen LogP contribution in [0.5, 0.6) is 11.5 Å². The van der Waals surface area contributed by atoms with E-state index in [0.29, 0.717) is 34.9 Å². The van der Waals surface area contributed by atoms with Crippen LogP contribution in [-0.2, 0) is 6.61 Å². The van der Waals surface area contributed by atoms with E-state index in [1.165, 1.54) is 18.3 Å². The maximum Gasteiger partial charge on any atom is 0.339 e. The molecule has 2 N–H and O–H groups in total. The number of nitro benzene ring substituents is 1. The van der Waals surface area contributed by atoms with Crippen molar-refractivity contribution in [2.75, 3.05) is 11.9 Å². The minimum atomic E-state index is -0.487. The molecule has 34 heavy (non-hydrogen) atoms. The van der Waals surface area contributed by atoms with E-state index in [0.717, 1.165) is 5.56 Å². The second-order valence-corrected chi connectivity index (χ2v) is 7.52. The lowest BCUT2D eigenvalue weighted by Crippen LogP contribution is -2.24. The number of benzene rings is 3. The van der Waals surface area contributed by atoms with E-state index in [4.69, 9.17) is 21.1 Å². The molecule has 176 valence electrons. The van der Waals surface area contributed by atoms with Gasteiger partial charge in [0, 0.05) is 17.8 Å². The zero-order chi connectivity index (χ0) is 24.5. The standard InChI is InChI=1S/C24H23ClN4O5/c1-3-33-22-13-18(14-26-28-24(30)27-21-10-5-4-7-16(21)2)12-20(25)23(22)34-15-17-8-6-9-19(11-17)29(31)32/h4-14H,3,15H2,1-2H3,(H2,27,28,30). The number of nitro groups is 1. The number of para-hydroxylation sites is 1. The Morgan fingerprint density at radius 3 is 2.68 bits per heavy atom. The van der Waals surface area contributed by atoms with Gasteiger partial charge in [0.2, 0.25) is 0 Å². The Labute approximate surface area is 201 Å². The third kappa shape index (κ3) is 6.69. The number of urea groups is 1. The number of non-ortho nitro benzene ring substituents is 1. The van der Waals surface area contributed by atoms with E-state index >= 15 is 0 Å². The van der Waals surface area contributed by atoms with E-state index in [-0.39, 0.29) is 17.3 Å². The topological polar surface area (TPSA) is 115 Å². The van der Waals surface area contributed by atoms with E-state index in [1.54, 1.807) is 30.3 Å². The van der Waals surface area contributed by atoms with Crippen molar-refractivity contribution in [3.8, 4) is 11.5 Å². The zero-order valence-electron chi connectivity index (χ0n) is 18.6. The molecule has 9 nitrogen and oxygen atoms in total. The molecular formula is C24H23ClN4O5. The van der Waals surface area contributed by atoms with Crippen LogP contribution in [0, 0.1) is 17.0 Å². The third-order valence-corrected chi connectivity index (χ3v) is 4.89. The summed E-state index contributed by atoms with van der Waals surface area (Å²) in [5.41, 5.74) is 5.18. The van der Waals surface area contributed by atoms with Gasteiger partial charge in [0.15, 0.2) is 11.5 Å². The van der Waals surface area contributed by atoms with Crippen molar-refractivity contribution in [2.24, 2.45) is 5.10 Å². The minimum absolute atomic E-state index is 0.0252. The molecule has 3 aromatic rings. The van der Waals surface area contributed by atoms with Crippen molar-refractivity contribution in [1.82, 2.24) is 5.43 Å². The summed E-state index contributed by atoms with van der Waals surface area (Å²) in [5, 5.41) is 17.9. The molecule has 0 spiro atoms. The van der Waals surface area contributed by atoms with Crippen LogP contribution in [0.2, 0.25) is 5.02 Å². The van der Waals surface area contributed by atoms with Gasteiger partial charge in [-0.05, 0) is 48.7 Å². The lowest BCUT2D eigenvalue weighted by Gasteiger charge is -2.14. The summed E-state index contributed by atoms with van der Waals surface area (Å²) >= 11 is 6.41.